The summed E-state index contributed by atoms with van der Waals surface area (Å²) in [7, 11) is 0. The van der Waals surface area contributed by atoms with Crippen molar-refractivity contribution in [2.45, 2.75) is 32.2 Å². The second-order valence-electron chi connectivity index (χ2n) is 5.77. The lowest BCUT2D eigenvalue weighted by Crippen LogP contribution is -2.16. The van der Waals surface area contributed by atoms with Gasteiger partial charge in [-0.1, -0.05) is 38.0 Å². The highest BCUT2D eigenvalue weighted by molar-refractivity contribution is 5.40. The zero-order chi connectivity index (χ0) is 16.3. The molecule has 22 heavy (non-hydrogen) atoms. The van der Waals surface area contributed by atoms with Gasteiger partial charge in [-0.05, 0) is 11.1 Å². The SMILES string of the molecule is CC(C)(C)c1n[nH]nc1C(N=[N+]=[N-])c1cccc([N+](=O)[O-])c1. The molecular weight excluding hydrogens is 286 g/mol. The first-order valence-electron chi connectivity index (χ1n) is 6.54. The van der Waals surface area contributed by atoms with Crippen LogP contribution in [-0.2, 0) is 5.41 Å². The Morgan fingerprint density at radius 2 is 2.14 bits per heavy atom. The van der Waals surface area contributed by atoms with E-state index >= 15 is 0 Å². The summed E-state index contributed by atoms with van der Waals surface area (Å²) >= 11 is 0. The van der Waals surface area contributed by atoms with E-state index in [1.165, 1.54) is 12.1 Å². The lowest BCUT2D eigenvalue weighted by atomic mass is 9.88. The van der Waals surface area contributed by atoms with Gasteiger partial charge in [0.2, 0.25) is 0 Å². The Morgan fingerprint density at radius 1 is 1.41 bits per heavy atom. The van der Waals surface area contributed by atoms with Gasteiger partial charge in [0, 0.05) is 22.5 Å². The normalized spacial score (nSPS) is 12.5. The van der Waals surface area contributed by atoms with Crippen LogP contribution in [0.15, 0.2) is 29.4 Å². The number of nitrogens with zero attached hydrogens (tertiary/aromatic N) is 6. The molecule has 1 aromatic carbocycles. The second-order valence-corrected chi connectivity index (χ2v) is 5.77. The maximum absolute atomic E-state index is 10.9. The van der Waals surface area contributed by atoms with Crippen LogP contribution in [0.5, 0.6) is 0 Å². The average Bonchev–Trinajstić information content (AvgIpc) is 2.94. The standard InChI is InChI=1S/C13H15N7O2/c1-13(2,3)12-11(16-19-17-12)10(15-18-14)8-5-4-6-9(7-8)20(21)22/h4-7,10H,1-3H3,(H,16,17,19). The van der Waals surface area contributed by atoms with E-state index < -0.39 is 11.0 Å². The number of nitro benzene ring substituents is 1. The zero-order valence-corrected chi connectivity index (χ0v) is 12.4. The molecule has 0 aliphatic heterocycles. The summed E-state index contributed by atoms with van der Waals surface area (Å²) in [6.07, 6.45) is 0. The van der Waals surface area contributed by atoms with Crippen LogP contribution in [0.3, 0.4) is 0 Å². The van der Waals surface area contributed by atoms with Crippen molar-refractivity contribution < 1.29 is 4.92 Å². The minimum atomic E-state index is -0.780. The van der Waals surface area contributed by atoms with Crippen molar-refractivity contribution >= 4 is 5.69 Å². The number of azide groups is 1. The van der Waals surface area contributed by atoms with Crippen molar-refractivity contribution in [1.29, 1.82) is 0 Å². The van der Waals surface area contributed by atoms with Crippen LogP contribution in [0.25, 0.3) is 10.4 Å². The molecule has 0 saturated heterocycles. The summed E-state index contributed by atoms with van der Waals surface area (Å²) in [5.74, 6) is 0. The summed E-state index contributed by atoms with van der Waals surface area (Å²) in [5.41, 5.74) is 10.1. The number of aromatic nitrogens is 3. The van der Waals surface area contributed by atoms with Crippen LogP contribution in [-0.4, -0.2) is 20.3 Å². The third-order valence-corrected chi connectivity index (χ3v) is 3.11. The molecule has 1 N–H and O–H groups in total. The largest absolute Gasteiger partial charge is 0.269 e. The summed E-state index contributed by atoms with van der Waals surface area (Å²) in [6.45, 7) is 5.86. The minimum Gasteiger partial charge on any atom is -0.258 e. The van der Waals surface area contributed by atoms with Gasteiger partial charge < -0.3 is 0 Å². The molecule has 9 nitrogen and oxygen atoms in total. The van der Waals surface area contributed by atoms with Crippen molar-refractivity contribution in [2.75, 3.05) is 0 Å². The van der Waals surface area contributed by atoms with E-state index in [0.29, 0.717) is 17.0 Å². The molecule has 1 unspecified atom stereocenters. The fraction of sp³-hybridized carbons (Fsp3) is 0.385. The first-order valence-corrected chi connectivity index (χ1v) is 6.54. The third kappa shape index (κ3) is 3.04. The molecule has 0 fully saturated rings. The number of benzene rings is 1. The molecule has 0 saturated carbocycles. The molecule has 2 aromatic rings. The Kier molecular flexibility index (Phi) is 4.09. The van der Waals surface area contributed by atoms with Crippen molar-refractivity contribution in [2.24, 2.45) is 5.11 Å². The van der Waals surface area contributed by atoms with Crippen LogP contribution in [0.2, 0.25) is 0 Å². The van der Waals surface area contributed by atoms with Crippen LogP contribution in [0.1, 0.15) is 43.8 Å². The predicted molar refractivity (Wildman–Crippen MR) is 79.2 cm³/mol. The first kappa shape index (κ1) is 15.5. The summed E-state index contributed by atoms with van der Waals surface area (Å²) in [6, 6.07) is 5.18. The van der Waals surface area contributed by atoms with Gasteiger partial charge in [-0.3, -0.25) is 10.1 Å². The molecule has 0 aliphatic carbocycles. The molecular formula is C13H15N7O2. The molecule has 1 heterocycles. The van der Waals surface area contributed by atoms with E-state index in [1.807, 2.05) is 20.8 Å². The van der Waals surface area contributed by atoms with Gasteiger partial charge >= 0.3 is 0 Å². The Labute approximate surface area is 126 Å². The number of aromatic amines is 1. The zero-order valence-electron chi connectivity index (χ0n) is 12.4. The molecule has 9 heteroatoms. The van der Waals surface area contributed by atoms with Crippen LogP contribution < -0.4 is 0 Å². The second kappa shape index (κ2) is 5.82. The quantitative estimate of drug-likeness (QED) is 0.304. The number of hydrogen-bond acceptors (Lipinski definition) is 5. The smallest absolute Gasteiger partial charge is 0.258 e. The topological polar surface area (TPSA) is 133 Å². The molecule has 1 atom stereocenters. The van der Waals surface area contributed by atoms with Crippen molar-refractivity contribution in [1.82, 2.24) is 15.4 Å². The molecule has 0 spiro atoms. The molecule has 0 radical (unpaired) electrons. The van der Waals surface area contributed by atoms with Crippen molar-refractivity contribution in [3.63, 3.8) is 0 Å². The van der Waals surface area contributed by atoms with E-state index in [2.05, 4.69) is 25.4 Å². The molecule has 0 aliphatic rings. The molecule has 0 amide bonds. The van der Waals surface area contributed by atoms with Crippen LogP contribution in [0, 0.1) is 10.1 Å². The van der Waals surface area contributed by atoms with Gasteiger partial charge in [-0.25, -0.2) is 0 Å². The van der Waals surface area contributed by atoms with Gasteiger partial charge in [0.05, 0.1) is 16.3 Å². The number of non-ortho nitro benzene ring substituents is 1. The number of hydrogen-bond donors (Lipinski definition) is 1. The van der Waals surface area contributed by atoms with E-state index in [9.17, 15) is 10.1 Å². The summed E-state index contributed by atoms with van der Waals surface area (Å²) < 4.78 is 0. The monoisotopic (exact) mass is 301 g/mol. The Hall–Kier alpha value is -2.93. The lowest BCUT2D eigenvalue weighted by Gasteiger charge is -2.19. The number of rotatable bonds is 4. The third-order valence-electron chi connectivity index (χ3n) is 3.11. The van der Waals surface area contributed by atoms with Crippen molar-refractivity contribution in [3.05, 3.63) is 61.8 Å². The fourth-order valence-corrected chi connectivity index (χ4v) is 2.12. The fourth-order valence-electron chi connectivity index (χ4n) is 2.12. The lowest BCUT2D eigenvalue weighted by molar-refractivity contribution is -0.384. The predicted octanol–water partition coefficient (Wildman–Crippen LogP) is 3.41. The van der Waals surface area contributed by atoms with Gasteiger partial charge in [-0.2, -0.15) is 15.4 Å². The Morgan fingerprint density at radius 3 is 2.73 bits per heavy atom. The highest BCUT2D eigenvalue weighted by Gasteiger charge is 2.28. The molecule has 0 bridgehead atoms. The maximum atomic E-state index is 10.9. The first-order chi connectivity index (χ1) is 10.3. The average molecular weight is 301 g/mol. The molecule has 2 rings (SSSR count). The number of H-pyrrole nitrogens is 1. The van der Waals surface area contributed by atoms with E-state index in [0.717, 1.165) is 0 Å². The highest BCUT2D eigenvalue weighted by atomic mass is 16.6. The van der Waals surface area contributed by atoms with E-state index in [-0.39, 0.29) is 11.1 Å². The highest BCUT2D eigenvalue weighted by Crippen LogP contribution is 2.33. The van der Waals surface area contributed by atoms with Crippen LogP contribution in [0.4, 0.5) is 5.69 Å². The maximum Gasteiger partial charge on any atom is 0.269 e. The summed E-state index contributed by atoms with van der Waals surface area (Å²) in [4.78, 5) is 13.3. The van der Waals surface area contributed by atoms with E-state index in [4.69, 9.17) is 5.53 Å². The molecule has 114 valence electrons. The Bertz CT molecular complexity index is 741. The Balaban J connectivity index is 2.57. The summed E-state index contributed by atoms with van der Waals surface area (Å²) in [5, 5.41) is 25.4. The van der Waals surface area contributed by atoms with Crippen LogP contribution >= 0.6 is 0 Å². The van der Waals surface area contributed by atoms with Gasteiger partial charge in [0.25, 0.3) is 5.69 Å². The van der Waals surface area contributed by atoms with Gasteiger partial charge in [-0.15, -0.1) is 0 Å². The van der Waals surface area contributed by atoms with Gasteiger partial charge in [0.1, 0.15) is 6.04 Å². The minimum absolute atomic E-state index is 0.0727. The number of nitro groups is 1. The number of nitrogens with one attached hydrogen (secondary N) is 1. The van der Waals surface area contributed by atoms with E-state index in [1.54, 1.807) is 12.1 Å². The molecule has 1 aromatic heterocycles. The van der Waals surface area contributed by atoms with Gasteiger partial charge in [0.15, 0.2) is 0 Å². The van der Waals surface area contributed by atoms with Crippen molar-refractivity contribution in [3.8, 4) is 0 Å².